The fraction of sp³-hybridized carbons (Fsp3) is 0.333. The predicted molar refractivity (Wildman–Crippen MR) is 136 cm³/mol. The Labute approximate surface area is 215 Å². The van der Waals surface area contributed by atoms with E-state index in [9.17, 15) is 22.8 Å². The third-order valence-electron chi connectivity index (χ3n) is 5.58. The number of nitrogens with zero attached hydrogens (tertiary/aromatic N) is 2. The van der Waals surface area contributed by atoms with Crippen LogP contribution in [0.2, 0.25) is 0 Å². The molecule has 12 nitrogen and oxygen atoms in total. The highest BCUT2D eigenvalue weighted by Crippen LogP contribution is 2.18. The summed E-state index contributed by atoms with van der Waals surface area (Å²) in [5, 5.41) is 10.0. The van der Waals surface area contributed by atoms with E-state index in [0.29, 0.717) is 24.3 Å². The Balaban J connectivity index is 1.55. The molecule has 0 radical (unpaired) electrons. The molecule has 5 N–H and O–H groups in total. The number of rotatable bonds is 11. The molecule has 0 spiro atoms. The maximum atomic E-state index is 12.7. The summed E-state index contributed by atoms with van der Waals surface area (Å²) in [6.45, 7) is 1.99. The van der Waals surface area contributed by atoms with Crippen molar-refractivity contribution in [2.24, 2.45) is 5.73 Å². The third-order valence-corrected chi connectivity index (χ3v) is 7.07. The van der Waals surface area contributed by atoms with Crippen molar-refractivity contribution in [1.29, 1.82) is 5.41 Å². The normalized spacial score (nSPS) is 15.2. The monoisotopic (exact) mass is 530 g/mol. The van der Waals surface area contributed by atoms with Gasteiger partial charge in [0.2, 0.25) is 21.8 Å². The van der Waals surface area contributed by atoms with Gasteiger partial charge in [-0.15, -0.1) is 0 Å². The van der Waals surface area contributed by atoms with E-state index in [1.54, 1.807) is 59.2 Å². The van der Waals surface area contributed by atoms with Gasteiger partial charge in [0.1, 0.15) is 11.9 Å². The lowest BCUT2D eigenvalue weighted by Crippen LogP contribution is -2.54. The number of anilines is 1. The Kier molecular flexibility index (Phi) is 9.33. The molecule has 0 unspecified atom stereocenters. The average Bonchev–Trinajstić information content (AvgIpc) is 2.87. The molecule has 1 saturated heterocycles. The van der Waals surface area contributed by atoms with Crippen LogP contribution in [0.5, 0.6) is 0 Å². The molecule has 3 rings (SSSR count). The van der Waals surface area contributed by atoms with E-state index in [0.717, 1.165) is 0 Å². The van der Waals surface area contributed by atoms with Crippen molar-refractivity contribution < 1.29 is 27.5 Å². The highest BCUT2D eigenvalue weighted by molar-refractivity contribution is 7.89. The van der Waals surface area contributed by atoms with E-state index in [2.05, 4.69) is 10.0 Å². The van der Waals surface area contributed by atoms with Gasteiger partial charge >= 0.3 is 5.97 Å². The van der Waals surface area contributed by atoms with Gasteiger partial charge in [-0.05, 0) is 43.3 Å². The number of hydrogen-bond donors (Lipinski definition) is 4. The Hall–Kier alpha value is -3.81. The van der Waals surface area contributed by atoms with Crippen molar-refractivity contribution >= 4 is 39.3 Å². The highest BCUT2D eigenvalue weighted by Gasteiger charge is 2.29. The van der Waals surface area contributed by atoms with Crippen LogP contribution >= 0.6 is 0 Å². The van der Waals surface area contributed by atoms with Gasteiger partial charge in [0.25, 0.3) is 0 Å². The van der Waals surface area contributed by atoms with Crippen LogP contribution < -0.4 is 20.7 Å². The minimum absolute atomic E-state index is 0.00379. The fourth-order valence-electron chi connectivity index (χ4n) is 3.70. The number of carbonyl (C=O) groups excluding carboxylic acids is 3. The fourth-order valence-corrected chi connectivity index (χ4v) is 4.90. The van der Waals surface area contributed by atoms with Gasteiger partial charge in [0.05, 0.1) is 24.6 Å². The van der Waals surface area contributed by atoms with E-state index in [-0.39, 0.29) is 42.9 Å². The standard InChI is InChI=1S/C24H30N6O6S/c1-2-36-24(33)20(28-37(34,35)19-6-4-3-5-7-19)14-27-21(31)15-29-12-13-30(22(32)16-29)18-10-8-17(9-11-18)23(25)26/h3-11,20,28H,2,12-16H2,1H3,(H3,25,26)(H,27,31)/t20-/m0/s1. The molecule has 1 atom stereocenters. The lowest BCUT2D eigenvalue weighted by Gasteiger charge is -2.34. The summed E-state index contributed by atoms with van der Waals surface area (Å²) in [7, 11) is -4.03. The third kappa shape index (κ3) is 7.59. The zero-order valence-corrected chi connectivity index (χ0v) is 21.2. The number of nitrogens with two attached hydrogens (primary N) is 1. The van der Waals surface area contributed by atoms with Crippen LogP contribution in [0.4, 0.5) is 5.69 Å². The largest absolute Gasteiger partial charge is 0.465 e. The second-order valence-electron chi connectivity index (χ2n) is 8.26. The molecule has 2 aromatic carbocycles. The van der Waals surface area contributed by atoms with Crippen molar-refractivity contribution in [1.82, 2.24) is 14.9 Å². The quantitative estimate of drug-likeness (QED) is 0.173. The molecule has 0 aromatic heterocycles. The number of sulfonamides is 1. The van der Waals surface area contributed by atoms with Gasteiger partial charge in [-0.25, -0.2) is 8.42 Å². The van der Waals surface area contributed by atoms with E-state index >= 15 is 0 Å². The van der Waals surface area contributed by atoms with Crippen LogP contribution in [0, 0.1) is 5.41 Å². The van der Waals surface area contributed by atoms with Crippen LogP contribution in [-0.4, -0.2) is 82.3 Å². The van der Waals surface area contributed by atoms with E-state index in [4.69, 9.17) is 15.9 Å². The van der Waals surface area contributed by atoms with Crippen LogP contribution in [0.3, 0.4) is 0 Å². The zero-order valence-electron chi connectivity index (χ0n) is 20.3. The van der Waals surface area contributed by atoms with Crippen molar-refractivity contribution in [2.45, 2.75) is 17.9 Å². The number of benzene rings is 2. The van der Waals surface area contributed by atoms with Crippen molar-refractivity contribution in [3.8, 4) is 0 Å². The van der Waals surface area contributed by atoms with Crippen LogP contribution in [-0.2, 0) is 29.1 Å². The summed E-state index contributed by atoms with van der Waals surface area (Å²) < 4.78 is 32.5. The number of ether oxygens (including phenoxy) is 1. The molecule has 2 amide bonds. The maximum absolute atomic E-state index is 12.7. The summed E-state index contributed by atoms with van der Waals surface area (Å²) in [6.07, 6.45) is 0. The van der Waals surface area contributed by atoms with Crippen molar-refractivity contribution in [3.63, 3.8) is 0 Å². The van der Waals surface area contributed by atoms with Gasteiger partial charge in [-0.3, -0.25) is 24.7 Å². The van der Waals surface area contributed by atoms with Crippen LogP contribution in [0.15, 0.2) is 59.5 Å². The summed E-state index contributed by atoms with van der Waals surface area (Å²) in [6, 6.07) is 13.0. The summed E-state index contributed by atoms with van der Waals surface area (Å²) in [5.74, 6) is -1.55. The molecule has 1 aliphatic rings. The molecule has 1 aliphatic heterocycles. The molecular formula is C24H30N6O6S. The summed E-state index contributed by atoms with van der Waals surface area (Å²) >= 11 is 0. The second-order valence-corrected chi connectivity index (χ2v) is 9.97. The molecular weight excluding hydrogens is 500 g/mol. The first-order valence-corrected chi connectivity index (χ1v) is 13.1. The van der Waals surface area contributed by atoms with Crippen molar-refractivity contribution in [2.75, 3.05) is 44.2 Å². The average molecular weight is 531 g/mol. The van der Waals surface area contributed by atoms with Gasteiger partial charge in [-0.1, -0.05) is 18.2 Å². The van der Waals surface area contributed by atoms with E-state index in [1.807, 2.05) is 0 Å². The number of hydrogen-bond acceptors (Lipinski definition) is 8. The van der Waals surface area contributed by atoms with Gasteiger partial charge < -0.3 is 20.7 Å². The second kappa shape index (κ2) is 12.4. The lowest BCUT2D eigenvalue weighted by molar-refractivity contribution is -0.145. The Bertz CT molecular complexity index is 1240. The van der Waals surface area contributed by atoms with E-state index in [1.165, 1.54) is 12.1 Å². The molecule has 0 bridgehead atoms. The SMILES string of the molecule is CCOC(=O)[C@H](CNC(=O)CN1CCN(c2ccc(C(=N)N)cc2)C(=O)C1)NS(=O)(=O)c1ccccc1. The smallest absolute Gasteiger partial charge is 0.326 e. The minimum Gasteiger partial charge on any atom is -0.465 e. The Morgan fingerprint density at radius 2 is 1.78 bits per heavy atom. The molecule has 198 valence electrons. The zero-order chi connectivity index (χ0) is 27.0. The number of amides is 2. The molecule has 2 aromatic rings. The topological polar surface area (TPSA) is 175 Å². The van der Waals surface area contributed by atoms with Gasteiger partial charge in [0, 0.05) is 30.9 Å². The molecule has 13 heteroatoms. The van der Waals surface area contributed by atoms with Crippen LogP contribution in [0.25, 0.3) is 0 Å². The molecule has 37 heavy (non-hydrogen) atoms. The van der Waals surface area contributed by atoms with Crippen molar-refractivity contribution in [3.05, 3.63) is 60.2 Å². The Morgan fingerprint density at radius 3 is 2.38 bits per heavy atom. The Morgan fingerprint density at radius 1 is 1.11 bits per heavy atom. The number of carbonyl (C=O) groups is 3. The molecule has 0 aliphatic carbocycles. The molecule has 0 saturated carbocycles. The number of nitrogens with one attached hydrogen (secondary N) is 3. The molecule has 1 fully saturated rings. The lowest BCUT2D eigenvalue weighted by atomic mass is 10.1. The van der Waals surface area contributed by atoms with Crippen LogP contribution in [0.1, 0.15) is 12.5 Å². The first kappa shape index (κ1) is 27.8. The van der Waals surface area contributed by atoms with Gasteiger partial charge in [0.15, 0.2) is 0 Å². The number of piperazine rings is 1. The highest BCUT2D eigenvalue weighted by atomic mass is 32.2. The molecule has 1 heterocycles. The number of nitrogen functional groups attached to an aromatic ring is 1. The summed E-state index contributed by atoms with van der Waals surface area (Å²) in [5.41, 5.74) is 6.69. The van der Waals surface area contributed by atoms with Gasteiger partial charge in [-0.2, -0.15) is 4.72 Å². The predicted octanol–water partition coefficient (Wildman–Crippen LogP) is -0.354. The number of amidine groups is 1. The minimum atomic E-state index is -4.03. The number of esters is 1. The summed E-state index contributed by atoms with van der Waals surface area (Å²) in [4.78, 5) is 40.8. The van der Waals surface area contributed by atoms with E-state index < -0.39 is 27.9 Å². The first-order chi connectivity index (χ1) is 17.6. The first-order valence-electron chi connectivity index (χ1n) is 11.6. The maximum Gasteiger partial charge on any atom is 0.326 e.